The van der Waals surface area contributed by atoms with Crippen LogP contribution in [0.1, 0.15) is 12.5 Å². The van der Waals surface area contributed by atoms with Crippen LogP contribution in [0.15, 0.2) is 24.5 Å². The van der Waals surface area contributed by atoms with Gasteiger partial charge in [0, 0.05) is 26.2 Å². The second-order valence-corrected chi connectivity index (χ2v) is 7.05. The number of nitrogens with one attached hydrogen (secondary N) is 1. The number of halogens is 4. The average molecular weight is 475 g/mol. The monoisotopic (exact) mass is 474 g/mol. The fourth-order valence-electron chi connectivity index (χ4n) is 3.10. The lowest BCUT2D eigenvalue weighted by Gasteiger charge is -2.34. The summed E-state index contributed by atoms with van der Waals surface area (Å²) in [5.41, 5.74) is -1.69. The van der Waals surface area contributed by atoms with Gasteiger partial charge in [-0.1, -0.05) is 11.6 Å². The van der Waals surface area contributed by atoms with Crippen molar-refractivity contribution >= 4 is 40.7 Å². The van der Waals surface area contributed by atoms with Gasteiger partial charge in [0.15, 0.2) is 0 Å². The molecule has 0 radical (unpaired) electrons. The molecule has 3 rings (SSSR count). The molecule has 0 spiro atoms. The maximum absolute atomic E-state index is 13.0. The molecule has 1 amide bonds. The van der Waals surface area contributed by atoms with Gasteiger partial charge < -0.3 is 19.9 Å². The Hall–Kier alpha value is -3.35. The van der Waals surface area contributed by atoms with Gasteiger partial charge in [-0.15, -0.1) is 0 Å². The zero-order valence-electron chi connectivity index (χ0n) is 16.7. The number of hydrogen-bond acceptors (Lipinski definition) is 8. The largest absolute Gasteiger partial charge is 0.450 e. The van der Waals surface area contributed by atoms with E-state index < -0.39 is 28.4 Å². The SMILES string of the molecule is CCOC(=O)N1CCN(c2ncnc(Nc3cc(C(F)(F)F)ccc3Cl)c2[N+](=O)[O-])CC1. The molecule has 1 fully saturated rings. The number of benzene rings is 1. The molecule has 0 bridgehead atoms. The van der Waals surface area contributed by atoms with E-state index >= 15 is 0 Å². The number of nitrogens with zero attached hydrogens (tertiary/aromatic N) is 5. The molecule has 32 heavy (non-hydrogen) atoms. The van der Waals surface area contributed by atoms with Crippen LogP contribution in [0.25, 0.3) is 0 Å². The quantitative estimate of drug-likeness (QED) is 0.509. The zero-order valence-corrected chi connectivity index (χ0v) is 17.5. The van der Waals surface area contributed by atoms with Gasteiger partial charge in [-0.05, 0) is 25.1 Å². The molecule has 10 nitrogen and oxygen atoms in total. The Bertz CT molecular complexity index is 1010. The molecule has 1 aliphatic heterocycles. The Morgan fingerprint density at radius 1 is 1.28 bits per heavy atom. The lowest BCUT2D eigenvalue weighted by molar-refractivity contribution is -0.383. The van der Waals surface area contributed by atoms with E-state index in [2.05, 4.69) is 15.3 Å². The molecule has 1 saturated heterocycles. The van der Waals surface area contributed by atoms with Gasteiger partial charge in [-0.3, -0.25) is 10.1 Å². The molecule has 0 aliphatic carbocycles. The van der Waals surface area contributed by atoms with Crippen LogP contribution in [0.5, 0.6) is 0 Å². The molecule has 1 aromatic carbocycles. The average Bonchev–Trinajstić information content (AvgIpc) is 2.74. The third-order valence-electron chi connectivity index (χ3n) is 4.64. The fourth-order valence-corrected chi connectivity index (χ4v) is 3.27. The molecule has 0 saturated carbocycles. The maximum Gasteiger partial charge on any atom is 0.416 e. The van der Waals surface area contributed by atoms with E-state index in [1.54, 1.807) is 11.8 Å². The number of anilines is 3. The van der Waals surface area contributed by atoms with Crippen molar-refractivity contribution in [1.82, 2.24) is 14.9 Å². The topological polar surface area (TPSA) is 114 Å². The molecular weight excluding hydrogens is 457 g/mol. The van der Waals surface area contributed by atoms with E-state index in [1.807, 2.05) is 0 Å². The van der Waals surface area contributed by atoms with Crippen molar-refractivity contribution in [3.63, 3.8) is 0 Å². The molecule has 1 aliphatic rings. The Morgan fingerprint density at radius 3 is 2.56 bits per heavy atom. The van der Waals surface area contributed by atoms with Crippen LogP contribution < -0.4 is 10.2 Å². The van der Waals surface area contributed by atoms with Crippen molar-refractivity contribution in [3.8, 4) is 0 Å². The highest BCUT2D eigenvalue weighted by Gasteiger charge is 2.33. The van der Waals surface area contributed by atoms with Crippen LogP contribution in [0.4, 0.5) is 41.0 Å². The van der Waals surface area contributed by atoms with Crippen molar-refractivity contribution in [2.75, 3.05) is 43.0 Å². The zero-order chi connectivity index (χ0) is 23.5. The predicted octanol–water partition coefficient (Wildman–Crippen LogP) is 4.08. The van der Waals surface area contributed by atoms with Gasteiger partial charge in [0.2, 0.25) is 11.6 Å². The minimum absolute atomic E-state index is 0.0286. The fraction of sp³-hybridized carbons (Fsp3) is 0.389. The van der Waals surface area contributed by atoms with Gasteiger partial charge in [-0.2, -0.15) is 13.2 Å². The number of hydrogen-bond donors (Lipinski definition) is 1. The highest BCUT2D eigenvalue weighted by Crippen LogP contribution is 2.38. The van der Waals surface area contributed by atoms with Crippen molar-refractivity contribution in [3.05, 3.63) is 45.2 Å². The maximum atomic E-state index is 13.0. The van der Waals surface area contributed by atoms with E-state index in [1.165, 1.54) is 4.90 Å². The summed E-state index contributed by atoms with van der Waals surface area (Å²) in [7, 11) is 0. The summed E-state index contributed by atoms with van der Waals surface area (Å²) in [5, 5.41) is 14.3. The second kappa shape index (κ2) is 9.42. The van der Waals surface area contributed by atoms with E-state index in [-0.39, 0.29) is 55.1 Å². The first-order valence-electron chi connectivity index (χ1n) is 9.41. The number of aromatic nitrogens is 2. The molecule has 172 valence electrons. The van der Waals surface area contributed by atoms with Crippen LogP contribution in [0.3, 0.4) is 0 Å². The number of amides is 1. The first-order chi connectivity index (χ1) is 15.1. The molecule has 1 aromatic heterocycles. The van der Waals surface area contributed by atoms with Gasteiger partial charge in [0.05, 0.1) is 27.8 Å². The predicted molar refractivity (Wildman–Crippen MR) is 109 cm³/mol. The summed E-state index contributed by atoms with van der Waals surface area (Å²) < 4.78 is 44.1. The third-order valence-corrected chi connectivity index (χ3v) is 4.97. The first kappa shape index (κ1) is 23.3. The first-order valence-corrected chi connectivity index (χ1v) is 9.79. The van der Waals surface area contributed by atoms with E-state index in [0.717, 1.165) is 24.5 Å². The summed E-state index contributed by atoms with van der Waals surface area (Å²) in [6.45, 7) is 2.89. The third kappa shape index (κ3) is 5.10. The Labute approximate surface area is 185 Å². The highest BCUT2D eigenvalue weighted by atomic mass is 35.5. The van der Waals surface area contributed by atoms with E-state index in [9.17, 15) is 28.1 Å². The standard InChI is InChI=1S/C18H18ClF3N6O4/c1-2-32-17(29)27-7-5-26(6-8-27)16-14(28(30)31)15(23-10-24-16)25-13-9-11(18(20,21)22)3-4-12(13)19/h3-4,9-10H,2,5-8H2,1H3,(H,23,24,25). The summed E-state index contributed by atoms with van der Waals surface area (Å²) in [6.07, 6.45) is -4.04. The summed E-state index contributed by atoms with van der Waals surface area (Å²) in [4.78, 5) is 33.8. The number of ether oxygens (including phenoxy) is 1. The van der Waals surface area contributed by atoms with Crippen LogP contribution in [-0.4, -0.2) is 58.7 Å². The number of rotatable bonds is 5. The lowest BCUT2D eigenvalue weighted by Crippen LogP contribution is -2.49. The molecule has 0 unspecified atom stereocenters. The van der Waals surface area contributed by atoms with Crippen molar-refractivity contribution in [2.45, 2.75) is 13.1 Å². The molecule has 0 atom stereocenters. The van der Waals surface area contributed by atoms with Gasteiger partial charge in [0.1, 0.15) is 6.33 Å². The van der Waals surface area contributed by atoms with Crippen LogP contribution in [0, 0.1) is 10.1 Å². The van der Waals surface area contributed by atoms with Crippen LogP contribution in [0.2, 0.25) is 5.02 Å². The minimum Gasteiger partial charge on any atom is -0.450 e. The van der Waals surface area contributed by atoms with Gasteiger partial charge in [0.25, 0.3) is 0 Å². The minimum atomic E-state index is -4.62. The number of nitro groups is 1. The van der Waals surface area contributed by atoms with Gasteiger partial charge >= 0.3 is 18.0 Å². The van der Waals surface area contributed by atoms with Crippen molar-refractivity contribution < 1.29 is 27.6 Å². The van der Waals surface area contributed by atoms with Crippen LogP contribution >= 0.6 is 11.6 Å². The summed E-state index contributed by atoms with van der Waals surface area (Å²) in [6, 6.07) is 2.58. The van der Waals surface area contributed by atoms with Crippen LogP contribution in [-0.2, 0) is 10.9 Å². The summed E-state index contributed by atoms with van der Waals surface area (Å²) in [5.74, 6) is -0.340. The molecule has 14 heteroatoms. The normalized spacial score (nSPS) is 14.3. The van der Waals surface area contributed by atoms with E-state index in [4.69, 9.17) is 16.3 Å². The molecule has 2 aromatic rings. The number of alkyl halides is 3. The lowest BCUT2D eigenvalue weighted by atomic mass is 10.2. The van der Waals surface area contributed by atoms with Crippen molar-refractivity contribution in [1.29, 1.82) is 0 Å². The molecule has 1 N–H and O–H groups in total. The number of carbonyl (C=O) groups is 1. The summed E-state index contributed by atoms with van der Waals surface area (Å²) >= 11 is 5.99. The smallest absolute Gasteiger partial charge is 0.416 e. The molecule has 2 heterocycles. The number of carbonyl (C=O) groups excluding carboxylic acids is 1. The Balaban J connectivity index is 1.89. The Kier molecular flexibility index (Phi) is 6.87. The van der Waals surface area contributed by atoms with E-state index in [0.29, 0.717) is 0 Å². The highest BCUT2D eigenvalue weighted by molar-refractivity contribution is 6.33. The Morgan fingerprint density at radius 2 is 1.97 bits per heavy atom. The second-order valence-electron chi connectivity index (χ2n) is 6.64. The number of piperazine rings is 1. The van der Waals surface area contributed by atoms with Crippen molar-refractivity contribution in [2.24, 2.45) is 0 Å². The molecular formula is C18H18ClF3N6O4. The van der Waals surface area contributed by atoms with Gasteiger partial charge in [-0.25, -0.2) is 14.8 Å².